The lowest BCUT2D eigenvalue weighted by Gasteiger charge is -2.38. The maximum Gasteiger partial charge on any atom is 0.134 e. The topological polar surface area (TPSA) is 56.7 Å². The van der Waals surface area contributed by atoms with Crippen molar-refractivity contribution in [3.05, 3.63) is 11.6 Å². The number of nitrogens with zero attached hydrogens (tertiary/aromatic N) is 3. The van der Waals surface area contributed by atoms with Gasteiger partial charge in [-0.3, -0.25) is 0 Å². The number of fused-ring (bicyclic) bond motifs is 1. The highest BCUT2D eigenvalue weighted by Gasteiger charge is 2.35. The third kappa shape index (κ3) is 1.65. The summed E-state index contributed by atoms with van der Waals surface area (Å²) in [6.45, 7) is 3.36. The van der Waals surface area contributed by atoms with Crippen LogP contribution >= 0.6 is 0 Å². The van der Waals surface area contributed by atoms with Crippen molar-refractivity contribution >= 4 is 0 Å². The van der Waals surface area contributed by atoms with Gasteiger partial charge in [-0.15, -0.1) is 10.2 Å². The van der Waals surface area contributed by atoms with Crippen molar-refractivity contribution < 1.29 is 0 Å². The smallest absolute Gasteiger partial charge is 0.134 e. The second-order valence-corrected chi connectivity index (χ2v) is 5.67. The van der Waals surface area contributed by atoms with Crippen molar-refractivity contribution in [3.8, 4) is 0 Å². The zero-order valence-corrected chi connectivity index (χ0v) is 9.95. The molecule has 88 valence electrons. The average molecular weight is 220 g/mol. The lowest BCUT2D eigenvalue weighted by molar-refractivity contribution is 0.239. The molecule has 0 spiro atoms. The normalized spacial score (nSPS) is 27.2. The molecule has 2 heterocycles. The minimum atomic E-state index is 0.0207. The van der Waals surface area contributed by atoms with Gasteiger partial charge in [0, 0.05) is 24.9 Å². The first-order valence-corrected chi connectivity index (χ1v) is 6.36. The summed E-state index contributed by atoms with van der Waals surface area (Å²) < 4.78 is 2.30. The van der Waals surface area contributed by atoms with E-state index in [-0.39, 0.29) is 5.54 Å². The largest absolute Gasteiger partial charge is 0.325 e. The van der Waals surface area contributed by atoms with Crippen LogP contribution in [0.3, 0.4) is 0 Å². The van der Waals surface area contributed by atoms with Crippen molar-refractivity contribution in [2.24, 2.45) is 11.7 Å². The predicted octanol–water partition coefficient (Wildman–Crippen LogP) is 1.28. The Morgan fingerprint density at radius 2 is 2.25 bits per heavy atom. The molecular formula is C12H20N4. The van der Waals surface area contributed by atoms with E-state index in [2.05, 4.69) is 21.7 Å². The van der Waals surface area contributed by atoms with Crippen molar-refractivity contribution in [1.29, 1.82) is 0 Å². The van der Waals surface area contributed by atoms with Crippen LogP contribution in [0.25, 0.3) is 0 Å². The van der Waals surface area contributed by atoms with Crippen LogP contribution in [0.15, 0.2) is 0 Å². The highest BCUT2D eigenvalue weighted by molar-refractivity contribution is 5.07. The van der Waals surface area contributed by atoms with Crippen molar-refractivity contribution in [2.45, 2.75) is 57.5 Å². The molecule has 2 aliphatic rings. The van der Waals surface area contributed by atoms with Gasteiger partial charge in [-0.05, 0) is 31.6 Å². The Labute approximate surface area is 96.2 Å². The number of nitrogens with two attached hydrogens (primary N) is 1. The summed E-state index contributed by atoms with van der Waals surface area (Å²) in [5.41, 5.74) is 6.29. The molecule has 4 nitrogen and oxygen atoms in total. The molecule has 0 bridgehead atoms. The van der Waals surface area contributed by atoms with Crippen LogP contribution in [0.1, 0.15) is 44.3 Å². The first kappa shape index (κ1) is 10.3. The van der Waals surface area contributed by atoms with Gasteiger partial charge in [0.15, 0.2) is 0 Å². The second kappa shape index (κ2) is 3.55. The fraction of sp³-hybridized carbons (Fsp3) is 0.833. The minimum Gasteiger partial charge on any atom is -0.325 e. The van der Waals surface area contributed by atoms with Crippen LogP contribution in [0.5, 0.6) is 0 Å². The minimum absolute atomic E-state index is 0.0207. The van der Waals surface area contributed by atoms with Crippen LogP contribution < -0.4 is 5.73 Å². The summed E-state index contributed by atoms with van der Waals surface area (Å²) in [5.74, 6) is 3.03. The third-order valence-electron chi connectivity index (χ3n) is 4.14. The molecule has 0 amide bonds. The molecule has 1 aliphatic carbocycles. The van der Waals surface area contributed by atoms with Gasteiger partial charge >= 0.3 is 0 Å². The van der Waals surface area contributed by atoms with E-state index in [4.69, 9.17) is 5.73 Å². The van der Waals surface area contributed by atoms with Gasteiger partial charge in [-0.2, -0.15) is 0 Å². The summed E-state index contributed by atoms with van der Waals surface area (Å²) in [6.07, 6.45) is 6.79. The molecule has 1 aliphatic heterocycles. The fourth-order valence-electron chi connectivity index (χ4n) is 2.80. The van der Waals surface area contributed by atoms with Gasteiger partial charge in [0.2, 0.25) is 0 Å². The Bertz CT molecular complexity index is 392. The molecule has 2 N–H and O–H groups in total. The molecule has 1 aromatic heterocycles. The summed E-state index contributed by atoms with van der Waals surface area (Å²) in [5, 5.41) is 8.64. The maximum atomic E-state index is 6.27. The molecule has 1 atom stereocenters. The van der Waals surface area contributed by atoms with Crippen molar-refractivity contribution in [2.75, 3.05) is 0 Å². The van der Waals surface area contributed by atoms with Crippen LogP contribution in [0.4, 0.5) is 0 Å². The van der Waals surface area contributed by atoms with E-state index in [1.54, 1.807) is 0 Å². The first-order chi connectivity index (χ1) is 7.66. The number of rotatable bonds is 2. The van der Waals surface area contributed by atoms with E-state index in [0.29, 0.717) is 0 Å². The van der Waals surface area contributed by atoms with Gasteiger partial charge in [0.1, 0.15) is 11.6 Å². The SMILES string of the molecule is CC1CCn2c(nnc2CC2(N)CCC2)C1. The highest BCUT2D eigenvalue weighted by Crippen LogP contribution is 2.32. The average Bonchev–Trinajstić information content (AvgIpc) is 2.58. The van der Waals surface area contributed by atoms with Gasteiger partial charge in [0.05, 0.1) is 0 Å². The van der Waals surface area contributed by atoms with Gasteiger partial charge < -0.3 is 10.3 Å². The molecule has 1 fully saturated rings. The molecule has 0 saturated heterocycles. The van der Waals surface area contributed by atoms with E-state index in [1.807, 2.05) is 0 Å². The zero-order chi connectivity index (χ0) is 11.2. The second-order valence-electron chi connectivity index (χ2n) is 5.67. The van der Waals surface area contributed by atoms with Gasteiger partial charge in [-0.1, -0.05) is 6.92 Å². The Kier molecular flexibility index (Phi) is 2.28. The van der Waals surface area contributed by atoms with Crippen molar-refractivity contribution in [1.82, 2.24) is 14.8 Å². The molecule has 1 aromatic rings. The lowest BCUT2D eigenvalue weighted by atomic mass is 9.75. The zero-order valence-electron chi connectivity index (χ0n) is 9.95. The Morgan fingerprint density at radius 3 is 2.94 bits per heavy atom. The van der Waals surface area contributed by atoms with E-state index in [9.17, 15) is 0 Å². The summed E-state index contributed by atoms with van der Waals surface area (Å²) in [7, 11) is 0. The number of hydrogen-bond donors (Lipinski definition) is 1. The molecule has 3 rings (SSSR count). The lowest BCUT2D eigenvalue weighted by Crippen LogP contribution is -2.49. The molecule has 1 unspecified atom stereocenters. The molecule has 0 aromatic carbocycles. The molecule has 16 heavy (non-hydrogen) atoms. The van der Waals surface area contributed by atoms with E-state index >= 15 is 0 Å². The quantitative estimate of drug-likeness (QED) is 0.817. The third-order valence-corrected chi connectivity index (χ3v) is 4.14. The Balaban J connectivity index is 1.81. The van der Waals surface area contributed by atoms with Crippen molar-refractivity contribution in [3.63, 3.8) is 0 Å². The standard InChI is InChI=1S/C12H20N4/c1-9-3-6-16-10(7-9)14-15-11(16)8-12(13)4-2-5-12/h9H,2-8,13H2,1H3. The van der Waals surface area contributed by atoms with Crippen LogP contribution in [0, 0.1) is 5.92 Å². The molecule has 1 saturated carbocycles. The number of hydrogen-bond acceptors (Lipinski definition) is 3. The van der Waals surface area contributed by atoms with Gasteiger partial charge in [0.25, 0.3) is 0 Å². The van der Waals surface area contributed by atoms with E-state index in [0.717, 1.165) is 49.8 Å². The van der Waals surface area contributed by atoms with Crippen LogP contribution in [-0.2, 0) is 19.4 Å². The molecule has 4 heteroatoms. The van der Waals surface area contributed by atoms with E-state index in [1.165, 1.54) is 12.8 Å². The van der Waals surface area contributed by atoms with E-state index < -0.39 is 0 Å². The predicted molar refractivity (Wildman–Crippen MR) is 62.0 cm³/mol. The Hall–Kier alpha value is -0.900. The highest BCUT2D eigenvalue weighted by atomic mass is 15.3. The Morgan fingerprint density at radius 1 is 1.44 bits per heavy atom. The summed E-state index contributed by atoms with van der Waals surface area (Å²) in [4.78, 5) is 0. The fourth-order valence-corrected chi connectivity index (χ4v) is 2.80. The first-order valence-electron chi connectivity index (χ1n) is 6.36. The van der Waals surface area contributed by atoms with Crippen LogP contribution in [0.2, 0.25) is 0 Å². The number of aromatic nitrogens is 3. The molecular weight excluding hydrogens is 200 g/mol. The monoisotopic (exact) mass is 220 g/mol. The summed E-state index contributed by atoms with van der Waals surface area (Å²) in [6, 6.07) is 0. The van der Waals surface area contributed by atoms with Crippen LogP contribution in [-0.4, -0.2) is 20.3 Å². The molecule has 0 radical (unpaired) electrons. The van der Waals surface area contributed by atoms with Gasteiger partial charge in [-0.25, -0.2) is 0 Å². The maximum absolute atomic E-state index is 6.27. The summed E-state index contributed by atoms with van der Waals surface area (Å²) >= 11 is 0.